The second-order valence-corrected chi connectivity index (χ2v) is 10.2. The van der Waals surface area contributed by atoms with Gasteiger partial charge < -0.3 is 4.74 Å². The van der Waals surface area contributed by atoms with Crippen LogP contribution in [0.5, 0.6) is 0 Å². The van der Waals surface area contributed by atoms with Gasteiger partial charge in [0, 0.05) is 0 Å². The van der Waals surface area contributed by atoms with E-state index in [2.05, 4.69) is 0 Å². The number of hydrogen-bond donors (Lipinski definition) is 0. The second-order valence-electron chi connectivity index (χ2n) is 8.19. The number of Topliss-reactive ketones (excluding diaryl/α,β-unsaturated/α-hetero) is 1. The molecule has 1 aliphatic carbocycles. The van der Waals surface area contributed by atoms with Crippen molar-refractivity contribution in [1.29, 1.82) is 0 Å². The topological polar surface area (TPSA) is 96.0 Å². The Bertz CT molecular complexity index is 851. The van der Waals surface area contributed by atoms with E-state index >= 15 is 0 Å². The number of ether oxygens (including phenoxy) is 1. The number of fused-ring (bicyclic) bond motifs is 2. The van der Waals surface area contributed by atoms with Crippen LogP contribution in [0, 0.1) is 5.92 Å². The molecule has 7 nitrogen and oxygen atoms in total. The highest BCUT2D eigenvalue weighted by atomic mass is 32.2. The molecule has 0 spiro atoms. The molecule has 3 rings (SSSR count). The fourth-order valence-corrected chi connectivity index (χ4v) is 5.80. The summed E-state index contributed by atoms with van der Waals surface area (Å²) in [6.07, 6.45) is 0.875. The molecule has 0 amide bonds. The Hall–Kier alpha value is -1.77. The van der Waals surface area contributed by atoms with Crippen molar-refractivity contribution < 1.29 is 32.5 Å². The molecule has 2 bridgehead atoms. The Morgan fingerprint density at radius 2 is 1.89 bits per heavy atom. The van der Waals surface area contributed by atoms with Crippen molar-refractivity contribution in [3.63, 3.8) is 0 Å². The van der Waals surface area contributed by atoms with Crippen molar-refractivity contribution >= 4 is 21.6 Å². The van der Waals surface area contributed by atoms with Gasteiger partial charge in [0.2, 0.25) is 0 Å². The van der Waals surface area contributed by atoms with Gasteiger partial charge in [0.1, 0.15) is 29.5 Å². The van der Waals surface area contributed by atoms with E-state index in [1.54, 1.807) is 44.2 Å². The summed E-state index contributed by atoms with van der Waals surface area (Å²) in [5, 5.41) is 0. The van der Waals surface area contributed by atoms with Crippen LogP contribution in [0.2, 0.25) is 0 Å². The van der Waals surface area contributed by atoms with Crippen molar-refractivity contribution in [3.8, 4) is 0 Å². The summed E-state index contributed by atoms with van der Waals surface area (Å²) in [4.78, 5) is 34.5. The molecule has 1 heterocycles. The van der Waals surface area contributed by atoms with Gasteiger partial charge in [-0.25, -0.2) is 18.2 Å². The number of carbonyl (C=O) groups is 2. The lowest BCUT2D eigenvalue weighted by atomic mass is 9.71. The molecule has 1 aliphatic heterocycles. The van der Waals surface area contributed by atoms with Crippen LogP contribution in [0.15, 0.2) is 35.2 Å². The van der Waals surface area contributed by atoms with Crippen molar-refractivity contribution in [2.45, 2.75) is 68.7 Å². The first-order chi connectivity index (χ1) is 13.0. The zero-order valence-corrected chi connectivity index (χ0v) is 17.2. The standard InChI is InChI=1S/C20H26O7S/c1-14(21)11-18(22)25-19(2)10-9-15-12-17(19)26-27-20(15,3)13-28(23,24)16-7-5-4-6-8-16/h4-8,15,17H,9-13H2,1-3H3/t15-,17-,19-,20+/m1/s1. The van der Waals surface area contributed by atoms with Gasteiger partial charge in [0.05, 0.1) is 10.6 Å². The summed E-state index contributed by atoms with van der Waals surface area (Å²) < 4.78 is 31.1. The van der Waals surface area contributed by atoms with Crippen LogP contribution in [-0.4, -0.2) is 43.2 Å². The summed E-state index contributed by atoms with van der Waals surface area (Å²) in [6.45, 7) is 4.84. The van der Waals surface area contributed by atoms with E-state index in [0.717, 1.165) is 0 Å². The zero-order valence-electron chi connectivity index (χ0n) is 16.3. The van der Waals surface area contributed by atoms with Crippen LogP contribution < -0.4 is 0 Å². The molecular weight excluding hydrogens is 384 g/mol. The molecule has 1 saturated carbocycles. The van der Waals surface area contributed by atoms with E-state index in [0.29, 0.717) is 19.3 Å². The van der Waals surface area contributed by atoms with Crippen molar-refractivity contribution in [2.75, 3.05) is 5.75 Å². The number of ketones is 1. The highest BCUT2D eigenvalue weighted by molar-refractivity contribution is 7.91. The molecule has 1 aromatic carbocycles. The Balaban J connectivity index is 1.71. The van der Waals surface area contributed by atoms with E-state index < -0.39 is 33.1 Å². The average Bonchev–Trinajstić information content (AvgIpc) is 2.60. The van der Waals surface area contributed by atoms with Crippen molar-refractivity contribution in [3.05, 3.63) is 30.3 Å². The summed E-state index contributed by atoms with van der Waals surface area (Å²) in [6, 6.07) is 8.27. The van der Waals surface area contributed by atoms with Gasteiger partial charge in [-0.05, 0) is 58.1 Å². The highest BCUT2D eigenvalue weighted by Gasteiger charge is 2.55. The van der Waals surface area contributed by atoms with Gasteiger partial charge in [0.15, 0.2) is 9.84 Å². The van der Waals surface area contributed by atoms with Crippen LogP contribution in [-0.2, 0) is 33.9 Å². The van der Waals surface area contributed by atoms with E-state index in [1.807, 2.05) is 0 Å². The van der Waals surface area contributed by atoms with E-state index in [4.69, 9.17) is 14.5 Å². The fraction of sp³-hybridized carbons (Fsp3) is 0.600. The molecule has 154 valence electrons. The van der Waals surface area contributed by atoms with Gasteiger partial charge in [-0.15, -0.1) is 0 Å². The molecule has 28 heavy (non-hydrogen) atoms. The van der Waals surface area contributed by atoms with E-state index in [9.17, 15) is 18.0 Å². The smallest absolute Gasteiger partial charge is 0.313 e. The minimum absolute atomic E-state index is 0.0516. The lowest BCUT2D eigenvalue weighted by Gasteiger charge is -2.51. The number of benzene rings is 1. The number of hydrogen-bond acceptors (Lipinski definition) is 7. The lowest BCUT2D eigenvalue weighted by Crippen LogP contribution is -2.59. The first kappa shape index (κ1) is 21.0. The highest BCUT2D eigenvalue weighted by Crippen LogP contribution is 2.47. The molecule has 0 unspecified atom stereocenters. The minimum atomic E-state index is -3.54. The van der Waals surface area contributed by atoms with E-state index in [1.165, 1.54) is 6.92 Å². The Morgan fingerprint density at radius 3 is 2.54 bits per heavy atom. The maximum absolute atomic E-state index is 12.8. The predicted octanol–water partition coefficient (Wildman–Crippen LogP) is 2.63. The molecule has 0 radical (unpaired) electrons. The molecule has 8 heteroatoms. The SMILES string of the molecule is CC(=O)CC(=O)O[C@]1(C)CC[C@@H]2C[C@H]1OO[C@@]2(C)CS(=O)(=O)c1ccccc1. The number of rotatable bonds is 6. The molecule has 0 N–H and O–H groups in total. The van der Waals surface area contributed by atoms with Gasteiger partial charge in [0.25, 0.3) is 0 Å². The van der Waals surface area contributed by atoms with Crippen molar-refractivity contribution in [2.24, 2.45) is 5.92 Å². The summed E-state index contributed by atoms with van der Waals surface area (Å²) >= 11 is 0. The second kappa shape index (κ2) is 7.57. The first-order valence-electron chi connectivity index (χ1n) is 9.38. The van der Waals surface area contributed by atoms with Gasteiger partial charge in [-0.3, -0.25) is 9.59 Å². The third-order valence-corrected chi connectivity index (χ3v) is 7.65. The number of esters is 1. The van der Waals surface area contributed by atoms with Crippen LogP contribution in [0.4, 0.5) is 0 Å². The maximum atomic E-state index is 12.8. The predicted molar refractivity (Wildman–Crippen MR) is 100.0 cm³/mol. The van der Waals surface area contributed by atoms with Crippen LogP contribution in [0.1, 0.15) is 46.5 Å². The zero-order chi connectivity index (χ0) is 20.6. The molecule has 1 saturated heterocycles. The van der Waals surface area contributed by atoms with Crippen LogP contribution in [0.25, 0.3) is 0 Å². The maximum Gasteiger partial charge on any atom is 0.313 e. The minimum Gasteiger partial charge on any atom is -0.456 e. The van der Waals surface area contributed by atoms with Gasteiger partial charge >= 0.3 is 5.97 Å². The van der Waals surface area contributed by atoms with Crippen LogP contribution >= 0.6 is 0 Å². The van der Waals surface area contributed by atoms with Gasteiger partial charge in [-0.2, -0.15) is 0 Å². The molecule has 1 aromatic rings. The first-order valence-corrected chi connectivity index (χ1v) is 11.0. The third kappa shape index (κ3) is 4.29. The lowest BCUT2D eigenvalue weighted by molar-refractivity contribution is -0.441. The molecule has 2 fully saturated rings. The monoisotopic (exact) mass is 410 g/mol. The fourth-order valence-electron chi connectivity index (χ4n) is 4.03. The normalized spacial score (nSPS) is 32.5. The van der Waals surface area contributed by atoms with Crippen LogP contribution in [0.3, 0.4) is 0 Å². The molecule has 2 aliphatic rings. The molecule has 4 atom stereocenters. The molecule has 0 aromatic heterocycles. The van der Waals surface area contributed by atoms with E-state index in [-0.39, 0.29) is 28.8 Å². The Morgan fingerprint density at radius 1 is 1.21 bits per heavy atom. The molecular formula is C20H26O7S. The number of sulfone groups is 1. The number of carbonyl (C=O) groups excluding carboxylic acids is 2. The third-order valence-electron chi connectivity index (χ3n) is 5.71. The van der Waals surface area contributed by atoms with Gasteiger partial charge in [-0.1, -0.05) is 18.2 Å². The Kier molecular flexibility index (Phi) is 5.67. The van der Waals surface area contributed by atoms with Crippen molar-refractivity contribution in [1.82, 2.24) is 0 Å². The quantitative estimate of drug-likeness (QED) is 0.404. The summed E-state index contributed by atoms with van der Waals surface area (Å²) in [5.41, 5.74) is -1.89. The Labute approximate surface area is 165 Å². The largest absolute Gasteiger partial charge is 0.456 e. The summed E-state index contributed by atoms with van der Waals surface area (Å²) in [7, 11) is -3.54. The summed E-state index contributed by atoms with van der Waals surface area (Å²) in [5.74, 6) is -1.09. The average molecular weight is 410 g/mol.